The predicted octanol–water partition coefficient (Wildman–Crippen LogP) is 2.47. The van der Waals surface area contributed by atoms with Crippen LogP contribution in [0.1, 0.15) is 38.2 Å². The molecule has 1 heterocycles. The van der Waals surface area contributed by atoms with Crippen molar-refractivity contribution in [3.05, 3.63) is 39.9 Å². The number of nitrogens with zero attached hydrogens (tertiary/aromatic N) is 2. The second-order valence-electron chi connectivity index (χ2n) is 5.74. The van der Waals surface area contributed by atoms with E-state index < -0.39 is 11.0 Å². The minimum absolute atomic E-state index is 0.0193. The minimum Gasteiger partial charge on any atom is -0.464 e. The van der Waals surface area contributed by atoms with E-state index in [-0.39, 0.29) is 37.0 Å². The van der Waals surface area contributed by atoms with E-state index in [4.69, 9.17) is 4.74 Å². The summed E-state index contributed by atoms with van der Waals surface area (Å²) in [6.45, 7) is 2.55. The zero-order valence-corrected chi connectivity index (χ0v) is 13.8. The van der Waals surface area contributed by atoms with Gasteiger partial charge in [-0.15, -0.1) is 0 Å². The van der Waals surface area contributed by atoms with Gasteiger partial charge in [-0.1, -0.05) is 18.2 Å². The molecule has 0 bridgehead atoms. The van der Waals surface area contributed by atoms with Crippen molar-refractivity contribution in [2.75, 3.05) is 13.2 Å². The number of esters is 1. The number of hydrogen-bond acceptors (Lipinski definition) is 5. The zero-order chi connectivity index (χ0) is 17.5. The molecule has 1 saturated heterocycles. The number of rotatable bonds is 6. The third-order valence-electron chi connectivity index (χ3n) is 4.18. The summed E-state index contributed by atoms with van der Waals surface area (Å²) in [4.78, 5) is 36.7. The van der Waals surface area contributed by atoms with Gasteiger partial charge in [-0.25, -0.2) is 4.79 Å². The van der Waals surface area contributed by atoms with Crippen LogP contribution in [0.3, 0.4) is 0 Å². The van der Waals surface area contributed by atoms with Crippen LogP contribution in [0.4, 0.5) is 5.69 Å². The highest BCUT2D eigenvalue weighted by Gasteiger charge is 2.32. The van der Waals surface area contributed by atoms with Crippen LogP contribution in [0.2, 0.25) is 0 Å². The molecule has 1 aromatic carbocycles. The molecule has 0 radical (unpaired) electrons. The number of piperidine rings is 1. The second kappa shape index (κ2) is 8.42. The lowest BCUT2D eigenvalue weighted by molar-refractivity contribution is -0.385. The Bertz CT molecular complexity index is 617. The van der Waals surface area contributed by atoms with Crippen LogP contribution >= 0.6 is 0 Å². The first-order valence-electron chi connectivity index (χ1n) is 8.23. The maximum atomic E-state index is 12.5. The summed E-state index contributed by atoms with van der Waals surface area (Å²) in [5, 5.41) is 11.0. The summed E-state index contributed by atoms with van der Waals surface area (Å²) >= 11 is 0. The lowest BCUT2D eigenvalue weighted by atomic mass is 10.0. The summed E-state index contributed by atoms with van der Waals surface area (Å²) < 4.78 is 5.05. The summed E-state index contributed by atoms with van der Waals surface area (Å²) in [5.41, 5.74) is 0.548. The molecular formula is C17H22N2O5. The van der Waals surface area contributed by atoms with Gasteiger partial charge in [0.15, 0.2) is 0 Å². The third kappa shape index (κ3) is 4.31. The lowest BCUT2D eigenvalue weighted by Crippen LogP contribution is -2.48. The van der Waals surface area contributed by atoms with E-state index in [1.54, 1.807) is 30.0 Å². The van der Waals surface area contributed by atoms with Crippen LogP contribution in [-0.2, 0) is 20.7 Å². The van der Waals surface area contributed by atoms with Crippen molar-refractivity contribution in [2.45, 2.75) is 45.1 Å². The molecule has 130 valence electrons. The zero-order valence-electron chi connectivity index (χ0n) is 13.8. The molecule has 24 heavy (non-hydrogen) atoms. The van der Waals surface area contributed by atoms with Gasteiger partial charge < -0.3 is 9.64 Å². The summed E-state index contributed by atoms with van der Waals surface area (Å²) in [5.74, 6) is -0.526. The summed E-state index contributed by atoms with van der Waals surface area (Å²) in [7, 11) is 0. The first kappa shape index (κ1) is 17.9. The third-order valence-corrected chi connectivity index (χ3v) is 4.18. The van der Waals surface area contributed by atoms with E-state index >= 15 is 0 Å². The summed E-state index contributed by atoms with van der Waals surface area (Å²) in [6.07, 6.45) is 2.77. The van der Waals surface area contributed by atoms with Gasteiger partial charge in [0.1, 0.15) is 6.04 Å². The maximum absolute atomic E-state index is 12.5. The molecule has 1 amide bonds. The number of nitro benzene ring substituents is 1. The Hall–Kier alpha value is -2.44. The number of hydrogen-bond donors (Lipinski definition) is 0. The molecule has 0 spiro atoms. The molecule has 0 aliphatic carbocycles. The number of likely N-dealkylation sites (tertiary alicyclic amines) is 1. The van der Waals surface area contributed by atoms with Crippen molar-refractivity contribution in [3.8, 4) is 0 Å². The molecule has 1 atom stereocenters. The highest BCUT2D eigenvalue weighted by atomic mass is 16.6. The van der Waals surface area contributed by atoms with Gasteiger partial charge in [0, 0.05) is 24.6 Å². The number of carbonyl (C=O) groups excluding carboxylic acids is 2. The number of ether oxygens (including phenoxy) is 1. The van der Waals surface area contributed by atoms with E-state index in [1.807, 2.05) is 0 Å². The van der Waals surface area contributed by atoms with Gasteiger partial charge in [0.25, 0.3) is 5.69 Å². The maximum Gasteiger partial charge on any atom is 0.328 e. The van der Waals surface area contributed by atoms with Crippen molar-refractivity contribution in [2.24, 2.45) is 0 Å². The van der Waals surface area contributed by atoms with Crippen molar-refractivity contribution in [1.29, 1.82) is 0 Å². The highest BCUT2D eigenvalue weighted by Crippen LogP contribution is 2.22. The number of nitro groups is 1. The number of para-hydroxylation sites is 1. The molecule has 1 aliphatic rings. The van der Waals surface area contributed by atoms with Gasteiger partial charge in [-0.2, -0.15) is 0 Å². The Kier molecular flexibility index (Phi) is 6.28. The Morgan fingerprint density at radius 3 is 2.79 bits per heavy atom. The smallest absolute Gasteiger partial charge is 0.328 e. The Morgan fingerprint density at radius 2 is 2.08 bits per heavy atom. The fourth-order valence-electron chi connectivity index (χ4n) is 3.00. The van der Waals surface area contributed by atoms with E-state index in [1.165, 1.54) is 6.07 Å². The van der Waals surface area contributed by atoms with Crippen LogP contribution in [0, 0.1) is 10.1 Å². The first-order chi connectivity index (χ1) is 11.5. The number of carbonyl (C=O) groups is 2. The van der Waals surface area contributed by atoms with E-state index in [0.29, 0.717) is 18.5 Å². The van der Waals surface area contributed by atoms with Crippen molar-refractivity contribution in [3.63, 3.8) is 0 Å². The Morgan fingerprint density at radius 1 is 1.33 bits per heavy atom. The van der Waals surface area contributed by atoms with Gasteiger partial charge >= 0.3 is 5.97 Å². The molecule has 7 nitrogen and oxygen atoms in total. The van der Waals surface area contributed by atoms with Crippen molar-refractivity contribution < 1.29 is 19.2 Å². The van der Waals surface area contributed by atoms with Crippen LogP contribution in [-0.4, -0.2) is 40.9 Å². The molecule has 1 fully saturated rings. The standard InChI is InChI=1S/C17H22N2O5/c1-2-24-17(21)15-9-5-6-12-18(15)16(20)11-10-13-7-3-4-8-14(13)19(22)23/h3-4,7-8,15H,2,5-6,9-12H2,1H3. The van der Waals surface area contributed by atoms with Crippen LogP contribution in [0.5, 0.6) is 0 Å². The molecule has 1 unspecified atom stereocenters. The second-order valence-corrected chi connectivity index (χ2v) is 5.74. The molecule has 0 N–H and O–H groups in total. The molecule has 0 aromatic heterocycles. The summed E-state index contributed by atoms with van der Waals surface area (Å²) in [6, 6.07) is 5.88. The van der Waals surface area contributed by atoms with Gasteiger partial charge in [-0.3, -0.25) is 14.9 Å². The van der Waals surface area contributed by atoms with Crippen molar-refractivity contribution >= 4 is 17.6 Å². The normalized spacial score (nSPS) is 17.4. The molecule has 1 aliphatic heterocycles. The van der Waals surface area contributed by atoms with Gasteiger partial charge in [-0.05, 0) is 32.6 Å². The van der Waals surface area contributed by atoms with Crippen LogP contribution in [0.25, 0.3) is 0 Å². The quantitative estimate of drug-likeness (QED) is 0.453. The minimum atomic E-state index is -0.531. The van der Waals surface area contributed by atoms with Crippen LogP contribution in [0.15, 0.2) is 24.3 Å². The van der Waals surface area contributed by atoms with Crippen molar-refractivity contribution in [1.82, 2.24) is 4.90 Å². The van der Waals surface area contributed by atoms with E-state index in [2.05, 4.69) is 0 Å². The van der Waals surface area contributed by atoms with Gasteiger partial charge in [0.05, 0.1) is 11.5 Å². The van der Waals surface area contributed by atoms with E-state index in [0.717, 1.165) is 12.8 Å². The molecule has 2 rings (SSSR count). The average molecular weight is 334 g/mol. The fraction of sp³-hybridized carbons (Fsp3) is 0.529. The number of benzene rings is 1. The topological polar surface area (TPSA) is 89.8 Å². The first-order valence-corrected chi connectivity index (χ1v) is 8.23. The molecule has 0 saturated carbocycles. The van der Waals surface area contributed by atoms with Gasteiger partial charge in [0.2, 0.25) is 5.91 Å². The largest absolute Gasteiger partial charge is 0.464 e. The molecule has 1 aromatic rings. The van der Waals surface area contributed by atoms with E-state index in [9.17, 15) is 19.7 Å². The molecule has 7 heteroatoms. The number of aryl methyl sites for hydroxylation is 1. The monoisotopic (exact) mass is 334 g/mol. The lowest BCUT2D eigenvalue weighted by Gasteiger charge is -2.34. The highest BCUT2D eigenvalue weighted by molar-refractivity contribution is 5.85. The fourth-order valence-corrected chi connectivity index (χ4v) is 3.00. The SMILES string of the molecule is CCOC(=O)C1CCCCN1C(=O)CCc1ccccc1[N+](=O)[O-]. The Labute approximate surface area is 140 Å². The predicted molar refractivity (Wildman–Crippen MR) is 87.4 cm³/mol. The number of amides is 1. The average Bonchev–Trinajstić information content (AvgIpc) is 2.60. The molecular weight excluding hydrogens is 312 g/mol. The Balaban J connectivity index is 2.03. The van der Waals surface area contributed by atoms with Crippen LogP contribution < -0.4 is 0 Å².